The first-order valence-corrected chi connectivity index (χ1v) is 13.8. The maximum absolute atomic E-state index is 13.1. The van der Waals surface area contributed by atoms with E-state index in [0.717, 1.165) is 64.0 Å². The number of imidazole rings is 1. The van der Waals surface area contributed by atoms with Crippen LogP contribution in [-0.2, 0) is 22.9 Å². The first-order chi connectivity index (χ1) is 14.5. The minimum absolute atomic E-state index is 0.192. The van der Waals surface area contributed by atoms with Crippen LogP contribution in [0.1, 0.15) is 76.8 Å². The number of hydrogen-bond donors (Lipinski definition) is 1. The molecular formula is C23H39N3O3S. The molecule has 1 saturated heterocycles. The zero-order valence-corrected chi connectivity index (χ0v) is 19.3. The lowest BCUT2D eigenvalue weighted by Crippen LogP contribution is -2.37. The molecule has 1 aliphatic heterocycles. The van der Waals surface area contributed by atoms with E-state index in [1.807, 2.05) is 13.1 Å². The largest absolute Gasteiger partial charge is 0.393 e. The average Bonchev–Trinajstić information content (AvgIpc) is 3.47. The lowest BCUT2D eigenvalue weighted by Gasteiger charge is -2.34. The summed E-state index contributed by atoms with van der Waals surface area (Å²) in [6, 6.07) is 0. The van der Waals surface area contributed by atoms with Crippen molar-refractivity contribution in [3.05, 3.63) is 11.9 Å². The van der Waals surface area contributed by atoms with E-state index in [2.05, 4.69) is 14.5 Å². The van der Waals surface area contributed by atoms with E-state index in [1.54, 1.807) is 0 Å². The maximum Gasteiger partial charge on any atom is 0.227 e. The predicted octanol–water partition coefficient (Wildman–Crippen LogP) is 3.63. The Labute approximate surface area is 182 Å². The molecule has 6 nitrogen and oxygen atoms in total. The standard InChI is InChI=1S/C23H39N3O3S/c1-2-22(27)20-10-12-25(13-11-20)16-21-14-24-23(30(28,29)17-19-8-9-19)26(21)15-18-6-4-3-5-7-18/h14,18-20,22,27H,2-13,15-17H2,1H3/t22-/m1/s1. The number of aromatic nitrogens is 2. The van der Waals surface area contributed by atoms with Crippen molar-refractivity contribution in [3.63, 3.8) is 0 Å². The Bertz CT molecular complexity index is 789. The summed E-state index contributed by atoms with van der Waals surface area (Å²) < 4.78 is 28.2. The van der Waals surface area contributed by atoms with E-state index in [4.69, 9.17) is 0 Å². The molecule has 0 amide bonds. The Kier molecular flexibility index (Phi) is 7.20. The molecule has 1 aromatic rings. The monoisotopic (exact) mass is 437 g/mol. The Hall–Kier alpha value is -0.920. The number of likely N-dealkylation sites (tertiary alicyclic amines) is 1. The van der Waals surface area contributed by atoms with Gasteiger partial charge in [0.15, 0.2) is 0 Å². The van der Waals surface area contributed by atoms with E-state index < -0.39 is 9.84 Å². The fraction of sp³-hybridized carbons (Fsp3) is 0.870. The van der Waals surface area contributed by atoms with Gasteiger partial charge in [0, 0.05) is 13.1 Å². The van der Waals surface area contributed by atoms with Crippen molar-refractivity contribution in [2.45, 2.75) is 95.5 Å². The van der Waals surface area contributed by atoms with Gasteiger partial charge in [-0.1, -0.05) is 26.2 Å². The first-order valence-electron chi connectivity index (χ1n) is 12.1. The average molecular weight is 438 g/mol. The SMILES string of the molecule is CC[C@@H](O)C1CCN(Cc2cnc(S(=O)(=O)CC3CC3)n2CC2CCCCC2)CC1. The molecule has 2 saturated carbocycles. The van der Waals surface area contributed by atoms with Gasteiger partial charge in [-0.15, -0.1) is 0 Å². The van der Waals surface area contributed by atoms with Crippen LogP contribution in [0.5, 0.6) is 0 Å². The third-order valence-electron chi connectivity index (χ3n) is 7.48. The van der Waals surface area contributed by atoms with Gasteiger partial charge in [-0.25, -0.2) is 13.4 Å². The van der Waals surface area contributed by atoms with E-state index >= 15 is 0 Å². The topological polar surface area (TPSA) is 75.4 Å². The molecule has 2 heterocycles. The highest BCUT2D eigenvalue weighted by Crippen LogP contribution is 2.33. The van der Waals surface area contributed by atoms with Crippen LogP contribution in [0.3, 0.4) is 0 Å². The van der Waals surface area contributed by atoms with Gasteiger partial charge in [-0.05, 0) is 75.8 Å². The minimum atomic E-state index is -3.32. The van der Waals surface area contributed by atoms with Crippen molar-refractivity contribution in [2.24, 2.45) is 17.8 Å². The number of hydrogen-bond acceptors (Lipinski definition) is 5. The smallest absolute Gasteiger partial charge is 0.227 e. The number of nitrogens with zero attached hydrogens (tertiary/aromatic N) is 3. The summed E-state index contributed by atoms with van der Waals surface area (Å²) >= 11 is 0. The third kappa shape index (κ3) is 5.46. The fourth-order valence-electron chi connectivity index (χ4n) is 5.32. The Morgan fingerprint density at radius 2 is 1.77 bits per heavy atom. The second-order valence-electron chi connectivity index (χ2n) is 9.96. The molecule has 1 aromatic heterocycles. The van der Waals surface area contributed by atoms with Gasteiger partial charge < -0.3 is 9.67 Å². The number of aliphatic hydroxyl groups is 1. The van der Waals surface area contributed by atoms with Crippen molar-refractivity contribution < 1.29 is 13.5 Å². The molecular weight excluding hydrogens is 398 g/mol. The fourth-order valence-corrected chi connectivity index (χ4v) is 7.16. The number of sulfone groups is 1. The van der Waals surface area contributed by atoms with Crippen molar-refractivity contribution >= 4 is 9.84 Å². The van der Waals surface area contributed by atoms with E-state index in [0.29, 0.717) is 22.9 Å². The third-order valence-corrected chi connectivity index (χ3v) is 9.27. The number of rotatable bonds is 9. The van der Waals surface area contributed by atoms with Crippen LogP contribution >= 0.6 is 0 Å². The van der Waals surface area contributed by atoms with Crippen LogP contribution in [0.4, 0.5) is 0 Å². The van der Waals surface area contributed by atoms with E-state index in [9.17, 15) is 13.5 Å². The molecule has 7 heteroatoms. The molecule has 1 N–H and O–H groups in total. The van der Waals surface area contributed by atoms with E-state index in [1.165, 1.54) is 32.1 Å². The summed E-state index contributed by atoms with van der Waals surface area (Å²) in [5.74, 6) is 1.55. The van der Waals surface area contributed by atoms with Crippen LogP contribution in [-0.4, -0.2) is 52.9 Å². The molecule has 3 fully saturated rings. The molecule has 0 bridgehead atoms. The second-order valence-corrected chi connectivity index (χ2v) is 11.9. The summed E-state index contributed by atoms with van der Waals surface area (Å²) in [5.41, 5.74) is 1.05. The van der Waals surface area contributed by atoms with Crippen molar-refractivity contribution in [3.8, 4) is 0 Å². The highest BCUT2D eigenvalue weighted by molar-refractivity contribution is 7.91. The molecule has 0 aromatic carbocycles. The van der Waals surface area contributed by atoms with Gasteiger partial charge in [0.05, 0.1) is 23.7 Å². The highest BCUT2D eigenvalue weighted by Gasteiger charge is 2.33. The number of aliphatic hydroxyl groups excluding tert-OH is 1. The van der Waals surface area contributed by atoms with Crippen LogP contribution < -0.4 is 0 Å². The second kappa shape index (κ2) is 9.70. The van der Waals surface area contributed by atoms with Crippen LogP contribution in [0, 0.1) is 17.8 Å². The van der Waals surface area contributed by atoms with E-state index in [-0.39, 0.29) is 11.9 Å². The molecule has 0 unspecified atom stereocenters. The summed E-state index contributed by atoms with van der Waals surface area (Å²) in [4.78, 5) is 6.87. The van der Waals surface area contributed by atoms with Gasteiger partial charge in [0.25, 0.3) is 0 Å². The van der Waals surface area contributed by atoms with Gasteiger partial charge in [-0.3, -0.25) is 4.90 Å². The minimum Gasteiger partial charge on any atom is -0.393 e. The molecule has 0 radical (unpaired) electrons. The zero-order valence-electron chi connectivity index (χ0n) is 18.5. The lowest BCUT2D eigenvalue weighted by atomic mass is 9.89. The Morgan fingerprint density at radius 3 is 2.40 bits per heavy atom. The number of piperidine rings is 1. The normalized spacial score (nSPS) is 23.7. The van der Waals surface area contributed by atoms with Crippen molar-refractivity contribution in [1.82, 2.24) is 14.5 Å². The predicted molar refractivity (Wildman–Crippen MR) is 118 cm³/mol. The molecule has 3 aliphatic rings. The molecule has 1 atom stereocenters. The van der Waals surface area contributed by atoms with Gasteiger partial charge >= 0.3 is 0 Å². The van der Waals surface area contributed by atoms with Crippen LogP contribution in [0.15, 0.2) is 11.4 Å². The zero-order chi connectivity index (χ0) is 21.1. The van der Waals surface area contributed by atoms with Crippen molar-refractivity contribution in [2.75, 3.05) is 18.8 Å². The first kappa shape index (κ1) is 22.3. The lowest BCUT2D eigenvalue weighted by molar-refractivity contribution is 0.0542. The quantitative estimate of drug-likeness (QED) is 0.638. The van der Waals surface area contributed by atoms with Gasteiger partial charge in [-0.2, -0.15) is 0 Å². The Balaban J connectivity index is 1.49. The summed E-state index contributed by atoms with van der Waals surface area (Å²) in [7, 11) is -3.32. The summed E-state index contributed by atoms with van der Waals surface area (Å²) in [6.07, 6.45) is 12.7. The van der Waals surface area contributed by atoms with Crippen LogP contribution in [0.25, 0.3) is 0 Å². The molecule has 0 spiro atoms. The van der Waals surface area contributed by atoms with Crippen LogP contribution in [0.2, 0.25) is 0 Å². The maximum atomic E-state index is 13.1. The summed E-state index contributed by atoms with van der Waals surface area (Å²) in [6.45, 7) is 5.51. The van der Waals surface area contributed by atoms with Gasteiger partial charge in [0.1, 0.15) is 0 Å². The Morgan fingerprint density at radius 1 is 1.07 bits per heavy atom. The van der Waals surface area contributed by atoms with Crippen molar-refractivity contribution in [1.29, 1.82) is 0 Å². The molecule has 30 heavy (non-hydrogen) atoms. The molecule has 4 rings (SSSR count). The molecule has 2 aliphatic carbocycles. The van der Waals surface area contributed by atoms with Gasteiger partial charge in [0.2, 0.25) is 15.0 Å². The molecule has 170 valence electrons. The highest BCUT2D eigenvalue weighted by atomic mass is 32.2. The summed E-state index contributed by atoms with van der Waals surface area (Å²) in [5, 5.41) is 10.5.